The highest BCUT2D eigenvalue weighted by Gasteiger charge is 2.24. The van der Waals surface area contributed by atoms with Gasteiger partial charge in [-0.3, -0.25) is 0 Å². The molecule has 1 N–H and O–H groups in total. The molecule has 32 heavy (non-hydrogen) atoms. The van der Waals surface area contributed by atoms with Crippen LogP contribution < -0.4 is 19.5 Å². The van der Waals surface area contributed by atoms with Gasteiger partial charge in [0.15, 0.2) is 11.5 Å². The zero-order valence-electron chi connectivity index (χ0n) is 20.3. The van der Waals surface area contributed by atoms with Crippen molar-refractivity contribution < 1.29 is 14.2 Å². The maximum absolute atomic E-state index is 6.19. The van der Waals surface area contributed by atoms with Crippen molar-refractivity contribution in [2.75, 3.05) is 67.1 Å². The molecular formula is C26H39N3O3. The lowest BCUT2D eigenvalue weighted by Crippen LogP contribution is -2.31. The van der Waals surface area contributed by atoms with Crippen molar-refractivity contribution in [3.8, 4) is 17.2 Å². The minimum Gasteiger partial charge on any atom is -0.493 e. The lowest BCUT2D eigenvalue weighted by molar-refractivity contribution is 0.217. The molecule has 6 heteroatoms. The van der Waals surface area contributed by atoms with Gasteiger partial charge in [0.2, 0.25) is 0 Å². The number of hydrogen-bond acceptors (Lipinski definition) is 6. The number of ether oxygens (including phenoxy) is 3. The summed E-state index contributed by atoms with van der Waals surface area (Å²) in [6, 6.07) is 12.8. The highest BCUT2D eigenvalue weighted by Crippen LogP contribution is 2.38. The molecule has 0 aliphatic carbocycles. The van der Waals surface area contributed by atoms with Crippen LogP contribution >= 0.6 is 0 Å². The first-order valence-corrected chi connectivity index (χ1v) is 11.7. The maximum Gasteiger partial charge on any atom is 0.161 e. The normalized spacial score (nSPS) is 15.7. The van der Waals surface area contributed by atoms with Crippen LogP contribution in [0.3, 0.4) is 0 Å². The summed E-state index contributed by atoms with van der Waals surface area (Å²) >= 11 is 0. The average molecular weight is 442 g/mol. The molecule has 1 heterocycles. The molecule has 1 unspecified atom stereocenters. The van der Waals surface area contributed by atoms with Gasteiger partial charge in [-0.15, -0.1) is 0 Å². The Labute approximate surface area is 193 Å². The predicted octanol–water partition coefficient (Wildman–Crippen LogP) is 3.59. The van der Waals surface area contributed by atoms with Gasteiger partial charge in [0.1, 0.15) is 19.0 Å². The second-order valence-electron chi connectivity index (χ2n) is 8.44. The largest absolute Gasteiger partial charge is 0.493 e. The van der Waals surface area contributed by atoms with Crippen LogP contribution in [0.15, 0.2) is 36.4 Å². The highest BCUT2D eigenvalue weighted by atomic mass is 16.5. The topological polar surface area (TPSA) is 46.2 Å². The molecule has 0 spiro atoms. The molecule has 3 rings (SSSR count). The van der Waals surface area contributed by atoms with Crippen LogP contribution in [-0.2, 0) is 6.42 Å². The monoisotopic (exact) mass is 441 g/mol. The molecule has 0 bridgehead atoms. The van der Waals surface area contributed by atoms with Crippen LogP contribution in [0.2, 0.25) is 0 Å². The van der Waals surface area contributed by atoms with E-state index in [4.69, 9.17) is 14.2 Å². The van der Waals surface area contributed by atoms with Crippen LogP contribution in [0.1, 0.15) is 36.6 Å². The van der Waals surface area contributed by atoms with Gasteiger partial charge in [-0.1, -0.05) is 26.0 Å². The van der Waals surface area contributed by atoms with Crippen molar-refractivity contribution in [1.82, 2.24) is 15.1 Å². The van der Waals surface area contributed by atoms with Gasteiger partial charge in [-0.05, 0) is 74.6 Å². The van der Waals surface area contributed by atoms with E-state index >= 15 is 0 Å². The molecule has 2 aromatic carbocycles. The van der Waals surface area contributed by atoms with E-state index in [-0.39, 0.29) is 6.04 Å². The quantitative estimate of drug-likeness (QED) is 0.543. The number of methoxy groups -OCH3 is 1. The van der Waals surface area contributed by atoms with Crippen molar-refractivity contribution in [3.63, 3.8) is 0 Å². The lowest BCUT2D eigenvalue weighted by atomic mass is 9.89. The zero-order chi connectivity index (χ0) is 22.9. The summed E-state index contributed by atoms with van der Waals surface area (Å²) in [7, 11) is 5.82. The first-order valence-electron chi connectivity index (χ1n) is 11.7. The summed E-state index contributed by atoms with van der Waals surface area (Å²) in [5.74, 6) is 2.53. The van der Waals surface area contributed by atoms with Crippen LogP contribution in [0.4, 0.5) is 0 Å². The standard InChI is InChI=1S/C26H39N3O3/c1-6-29(7-2)14-16-32-25-19-23-20(18-24(25)30-5)11-12-27-26(23)21-9-8-10-22(17-21)31-15-13-28(3)4/h8-10,17-19,26-27H,6-7,11-16H2,1-5H3. The summed E-state index contributed by atoms with van der Waals surface area (Å²) in [5.41, 5.74) is 3.76. The average Bonchev–Trinajstić information content (AvgIpc) is 2.81. The Balaban J connectivity index is 1.80. The Morgan fingerprint density at radius 3 is 2.47 bits per heavy atom. The minimum atomic E-state index is 0.104. The molecule has 2 aromatic rings. The van der Waals surface area contributed by atoms with Gasteiger partial charge < -0.3 is 29.3 Å². The summed E-state index contributed by atoms with van der Waals surface area (Å²) in [4.78, 5) is 4.48. The fourth-order valence-corrected chi connectivity index (χ4v) is 4.09. The van der Waals surface area contributed by atoms with Gasteiger partial charge in [0.25, 0.3) is 0 Å². The van der Waals surface area contributed by atoms with E-state index < -0.39 is 0 Å². The van der Waals surface area contributed by atoms with E-state index in [1.165, 1.54) is 16.7 Å². The summed E-state index contributed by atoms with van der Waals surface area (Å²) < 4.78 is 17.8. The molecule has 176 valence electrons. The smallest absolute Gasteiger partial charge is 0.161 e. The van der Waals surface area contributed by atoms with E-state index in [2.05, 4.69) is 73.4 Å². The molecule has 0 fully saturated rings. The van der Waals surface area contributed by atoms with Crippen LogP contribution in [0.5, 0.6) is 17.2 Å². The maximum atomic E-state index is 6.19. The second-order valence-corrected chi connectivity index (χ2v) is 8.44. The molecule has 0 amide bonds. The molecule has 1 atom stereocenters. The van der Waals surface area contributed by atoms with Crippen molar-refractivity contribution in [1.29, 1.82) is 0 Å². The predicted molar refractivity (Wildman–Crippen MR) is 130 cm³/mol. The number of nitrogens with zero attached hydrogens (tertiary/aromatic N) is 2. The number of fused-ring (bicyclic) bond motifs is 1. The van der Waals surface area contributed by atoms with E-state index in [1.54, 1.807) is 7.11 Å². The van der Waals surface area contributed by atoms with E-state index in [0.29, 0.717) is 13.2 Å². The SMILES string of the molecule is CCN(CC)CCOc1cc2c(cc1OC)CCNC2c1cccc(OCCN(C)C)c1. The number of benzene rings is 2. The summed E-state index contributed by atoms with van der Waals surface area (Å²) in [6.07, 6.45) is 0.973. The Morgan fingerprint density at radius 2 is 1.75 bits per heavy atom. The molecule has 6 nitrogen and oxygen atoms in total. The Hall–Kier alpha value is -2.28. The van der Waals surface area contributed by atoms with E-state index in [0.717, 1.165) is 56.4 Å². The molecule has 1 aliphatic heterocycles. The zero-order valence-corrected chi connectivity index (χ0v) is 20.3. The Morgan fingerprint density at radius 1 is 0.969 bits per heavy atom. The van der Waals surface area contributed by atoms with E-state index in [9.17, 15) is 0 Å². The summed E-state index contributed by atoms with van der Waals surface area (Å²) in [5, 5.41) is 3.68. The first kappa shape index (κ1) is 24.4. The molecule has 0 saturated heterocycles. The van der Waals surface area contributed by atoms with Gasteiger partial charge in [0.05, 0.1) is 13.2 Å². The van der Waals surface area contributed by atoms with Crippen molar-refractivity contribution in [2.24, 2.45) is 0 Å². The van der Waals surface area contributed by atoms with Gasteiger partial charge in [-0.2, -0.15) is 0 Å². The number of nitrogens with one attached hydrogen (secondary N) is 1. The lowest BCUT2D eigenvalue weighted by Gasteiger charge is -2.29. The number of rotatable bonds is 12. The van der Waals surface area contributed by atoms with Crippen molar-refractivity contribution >= 4 is 0 Å². The first-order chi connectivity index (χ1) is 15.5. The molecular weight excluding hydrogens is 402 g/mol. The minimum absolute atomic E-state index is 0.104. The molecule has 0 saturated carbocycles. The second kappa shape index (κ2) is 12.1. The fourth-order valence-electron chi connectivity index (χ4n) is 4.09. The van der Waals surface area contributed by atoms with Crippen LogP contribution in [-0.4, -0.2) is 76.9 Å². The van der Waals surface area contributed by atoms with Crippen LogP contribution in [0, 0.1) is 0 Å². The fraction of sp³-hybridized carbons (Fsp3) is 0.538. The van der Waals surface area contributed by atoms with Gasteiger partial charge in [-0.25, -0.2) is 0 Å². The number of likely N-dealkylation sites (N-methyl/N-ethyl adjacent to an activating group) is 2. The molecule has 1 aliphatic rings. The Bertz CT molecular complexity index is 852. The highest BCUT2D eigenvalue weighted by molar-refractivity contribution is 5.52. The third-order valence-corrected chi connectivity index (χ3v) is 6.04. The number of hydrogen-bond donors (Lipinski definition) is 1. The van der Waals surface area contributed by atoms with Crippen molar-refractivity contribution in [3.05, 3.63) is 53.1 Å². The Kier molecular flexibility index (Phi) is 9.21. The van der Waals surface area contributed by atoms with Crippen LogP contribution in [0.25, 0.3) is 0 Å². The third kappa shape index (κ3) is 6.37. The molecule has 0 radical (unpaired) electrons. The van der Waals surface area contributed by atoms with Crippen molar-refractivity contribution in [2.45, 2.75) is 26.3 Å². The third-order valence-electron chi connectivity index (χ3n) is 6.04. The van der Waals surface area contributed by atoms with E-state index in [1.807, 2.05) is 6.07 Å². The van der Waals surface area contributed by atoms with Gasteiger partial charge in [0, 0.05) is 19.6 Å². The summed E-state index contributed by atoms with van der Waals surface area (Å²) in [6.45, 7) is 10.4. The van der Waals surface area contributed by atoms with Gasteiger partial charge >= 0.3 is 0 Å². The molecule has 0 aromatic heterocycles.